The lowest BCUT2D eigenvalue weighted by Gasteiger charge is -2.19. The Morgan fingerprint density at radius 1 is 0.432 bits per heavy atom. The first kappa shape index (κ1) is 43.8. The van der Waals surface area contributed by atoms with Crippen LogP contribution < -0.4 is 5.84 Å². The molecule has 6 heteroatoms. The summed E-state index contributed by atoms with van der Waals surface area (Å²) in [7, 11) is 0. The number of ether oxygens (including phenoxy) is 3. The Labute approximate surface area is 275 Å². The van der Waals surface area contributed by atoms with Crippen molar-refractivity contribution in [3.05, 3.63) is 0 Å². The van der Waals surface area contributed by atoms with Crippen LogP contribution in [-0.4, -0.2) is 55.6 Å². The molecule has 0 aromatic carbocycles. The van der Waals surface area contributed by atoms with Gasteiger partial charge in [0, 0.05) is 32.9 Å². The van der Waals surface area contributed by atoms with Gasteiger partial charge in [-0.1, -0.05) is 143 Å². The van der Waals surface area contributed by atoms with E-state index in [1.807, 2.05) is 5.01 Å². The number of unbranched alkanes of at least 4 members (excludes halogenated alkanes) is 21. The maximum Gasteiger partial charge on any atom is 0.157 e. The molecule has 0 aromatic heterocycles. The van der Waals surface area contributed by atoms with Gasteiger partial charge in [-0.15, -0.1) is 0 Å². The minimum absolute atomic E-state index is 0.0386. The molecule has 0 aromatic rings. The number of hydrazine groups is 1. The number of rotatable bonds is 38. The van der Waals surface area contributed by atoms with E-state index in [0.717, 1.165) is 90.5 Å². The van der Waals surface area contributed by atoms with Crippen LogP contribution in [0.15, 0.2) is 0 Å². The molecule has 0 rings (SSSR count). The third-order valence-corrected chi connectivity index (χ3v) is 8.69. The molecule has 266 valence electrons. The Morgan fingerprint density at radius 3 is 1.25 bits per heavy atom. The predicted molar refractivity (Wildman–Crippen MR) is 190 cm³/mol. The van der Waals surface area contributed by atoms with E-state index in [2.05, 4.69) is 20.8 Å². The molecule has 0 radical (unpaired) electrons. The Hall–Kier alpha value is -0.240. The summed E-state index contributed by atoms with van der Waals surface area (Å²) in [6.07, 6.45) is 33.4. The fraction of sp³-hybridized carbons (Fsp3) is 1.00. The summed E-state index contributed by atoms with van der Waals surface area (Å²) < 4.78 is 17.9. The molecule has 1 unspecified atom stereocenters. The van der Waals surface area contributed by atoms with Crippen LogP contribution in [0.2, 0.25) is 0 Å². The van der Waals surface area contributed by atoms with Gasteiger partial charge in [0.15, 0.2) is 12.6 Å². The van der Waals surface area contributed by atoms with Gasteiger partial charge in [0.1, 0.15) is 0 Å². The van der Waals surface area contributed by atoms with Gasteiger partial charge in [-0.2, -0.15) is 0 Å². The minimum atomic E-state index is -0.584. The van der Waals surface area contributed by atoms with Gasteiger partial charge in [-0.25, -0.2) is 5.01 Å². The van der Waals surface area contributed by atoms with E-state index in [1.165, 1.54) is 116 Å². The number of hydrogen-bond acceptors (Lipinski definition) is 6. The first-order valence-corrected chi connectivity index (χ1v) is 19.7. The van der Waals surface area contributed by atoms with E-state index in [-0.39, 0.29) is 6.29 Å². The van der Waals surface area contributed by atoms with Crippen molar-refractivity contribution in [1.82, 2.24) is 5.01 Å². The topological polar surface area (TPSA) is 77.2 Å². The highest BCUT2D eigenvalue weighted by Gasteiger charge is 2.10. The molecule has 0 spiro atoms. The normalized spacial score (nSPS) is 12.6. The van der Waals surface area contributed by atoms with Gasteiger partial charge in [-0.05, 0) is 57.8 Å². The number of aliphatic hydroxyl groups excluding tert-OH is 1. The summed E-state index contributed by atoms with van der Waals surface area (Å²) in [5.41, 5.74) is 0. The molecule has 6 nitrogen and oxygen atoms in total. The Kier molecular flexibility index (Phi) is 37.0. The lowest BCUT2D eigenvalue weighted by molar-refractivity contribution is -0.148. The van der Waals surface area contributed by atoms with E-state index in [4.69, 9.17) is 20.1 Å². The van der Waals surface area contributed by atoms with Crippen LogP contribution in [0.4, 0.5) is 0 Å². The lowest BCUT2D eigenvalue weighted by atomic mass is 10.1. The van der Waals surface area contributed by atoms with Crippen LogP contribution >= 0.6 is 0 Å². The zero-order chi connectivity index (χ0) is 32.2. The highest BCUT2D eigenvalue weighted by Crippen LogP contribution is 2.14. The van der Waals surface area contributed by atoms with Crippen molar-refractivity contribution in [2.45, 2.75) is 213 Å². The van der Waals surface area contributed by atoms with E-state index >= 15 is 0 Å². The van der Waals surface area contributed by atoms with Crippen LogP contribution in [-0.2, 0) is 14.2 Å². The summed E-state index contributed by atoms with van der Waals surface area (Å²) in [5, 5.41) is 12.0. The van der Waals surface area contributed by atoms with Crippen molar-refractivity contribution < 1.29 is 19.3 Å². The zero-order valence-corrected chi connectivity index (χ0v) is 30.2. The minimum Gasteiger partial charge on any atom is -0.368 e. The molecule has 0 aliphatic rings. The van der Waals surface area contributed by atoms with Gasteiger partial charge in [0.25, 0.3) is 0 Å². The standard InChI is InChI=1S/C38H80N2O4/c1-4-7-10-13-19-27-34-42-37(41)30-23-17-16-18-25-32-40(39)33-26-22-24-31-38(43-35-28-20-14-11-8-5-2)44-36-29-21-15-12-9-6-3/h37-38,41H,4-36,39H2,1-3H3. The molecule has 0 saturated heterocycles. The monoisotopic (exact) mass is 629 g/mol. The van der Waals surface area contributed by atoms with Gasteiger partial charge in [0.2, 0.25) is 0 Å². The Balaban J connectivity index is 3.80. The van der Waals surface area contributed by atoms with Crippen LogP contribution in [0, 0.1) is 0 Å². The van der Waals surface area contributed by atoms with E-state index in [1.54, 1.807) is 0 Å². The van der Waals surface area contributed by atoms with Gasteiger partial charge in [0.05, 0.1) is 0 Å². The average Bonchev–Trinajstić information content (AvgIpc) is 3.02. The van der Waals surface area contributed by atoms with Crippen molar-refractivity contribution in [2.75, 3.05) is 32.9 Å². The van der Waals surface area contributed by atoms with Gasteiger partial charge >= 0.3 is 0 Å². The molecular weight excluding hydrogens is 548 g/mol. The largest absolute Gasteiger partial charge is 0.368 e. The molecule has 0 bridgehead atoms. The first-order valence-electron chi connectivity index (χ1n) is 19.7. The Morgan fingerprint density at radius 2 is 0.773 bits per heavy atom. The highest BCUT2D eigenvalue weighted by molar-refractivity contribution is 4.56. The van der Waals surface area contributed by atoms with Crippen molar-refractivity contribution in [3.63, 3.8) is 0 Å². The van der Waals surface area contributed by atoms with Crippen LogP contribution in [0.3, 0.4) is 0 Å². The van der Waals surface area contributed by atoms with Gasteiger partial charge in [-0.3, -0.25) is 5.84 Å². The summed E-state index contributed by atoms with van der Waals surface area (Å²) in [6, 6.07) is 0. The van der Waals surface area contributed by atoms with E-state index < -0.39 is 6.29 Å². The van der Waals surface area contributed by atoms with Crippen LogP contribution in [0.25, 0.3) is 0 Å². The quantitative estimate of drug-likeness (QED) is 0.0306. The molecule has 0 heterocycles. The Bertz CT molecular complexity index is 507. The fourth-order valence-electron chi connectivity index (χ4n) is 5.67. The zero-order valence-electron chi connectivity index (χ0n) is 30.2. The SMILES string of the molecule is CCCCCCCCOC(O)CCCCCCCN(N)CCCCCC(OCCCCCCCC)OCCCCCCCC. The molecule has 44 heavy (non-hydrogen) atoms. The molecule has 0 saturated carbocycles. The molecule has 0 aliphatic heterocycles. The number of aliphatic hydroxyl groups is 1. The average molecular weight is 629 g/mol. The smallest absolute Gasteiger partial charge is 0.157 e. The maximum absolute atomic E-state index is 10.0. The predicted octanol–water partition coefficient (Wildman–Crippen LogP) is 10.8. The van der Waals surface area contributed by atoms with Crippen LogP contribution in [0.1, 0.15) is 201 Å². The third-order valence-electron chi connectivity index (χ3n) is 8.69. The van der Waals surface area contributed by atoms with Crippen molar-refractivity contribution >= 4 is 0 Å². The van der Waals surface area contributed by atoms with Crippen molar-refractivity contribution in [3.8, 4) is 0 Å². The molecular formula is C38H80N2O4. The number of nitrogens with two attached hydrogens (primary N) is 1. The molecule has 0 aliphatic carbocycles. The summed E-state index contributed by atoms with van der Waals surface area (Å²) >= 11 is 0. The second kappa shape index (κ2) is 37.2. The fourth-order valence-corrected chi connectivity index (χ4v) is 5.67. The second-order valence-electron chi connectivity index (χ2n) is 13.2. The second-order valence-corrected chi connectivity index (χ2v) is 13.2. The van der Waals surface area contributed by atoms with Crippen molar-refractivity contribution in [2.24, 2.45) is 5.84 Å². The molecule has 3 N–H and O–H groups in total. The van der Waals surface area contributed by atoms with E-state index in [9.17, 15) is 5.11 Å². The third kappa shape index (κ3) is 34.6. The van der Waals surface area contributed by atoms with Crippen molar-refractivity contribution in [1.29, 1.82) is 0 Å². The van der Waals surface area contributed by atoms with E-state index in [0.29, 0.717) is 6.61 Å². The highest BCUT2D eigenvalue weighted by atomic mass is 16.7. The summed E-state index contributed by atoms with van der Waals surface area (Å²) in [4.78, 5) is 0. The maximum atomic E-state index is 10.0. The summed E-state index contributed by atoms with van der Waals surface area (Å²) in [6.45, 7) is 11.1. The summed E-state index contributed by atoms with van der Waals surface area (Å²) in [5.74, 6) is 6.27. The number of nitrogens with zero attached hydrogens (tertiary/aromatic N) is 1. The molecule has 0 amide bonds. The first-order chi connectivity index (χ1) is 21.6. The number of hydrogen-bond donors (Lipinski definition) is 2. The lowest BCUT2D eigenvalue weighted by Crippen LogP contribution is -2.33. The molecule has 0 fully saturated rings. The molecule has 1 atom stereocenters. The van der Waals surface area contributed by atoms with Crippen LogP contribution in [0.5, 0.6) is 0 Å². The van der Waals surface area contributed by atoms with Gasteiger partial charge < -0.3 is 19.3 Å².